The molecule has 0 spiro atoms. The van der Waals surface area contributed by atoms with Crippen LogP contribution in [0.3, 0.4) is 0 Å². The zero-order chi connectivity index (χ0) is 40.6. The maximum atomic E-state index is 5.31. The van der Waals surface area contributed by atoms with Gasteiger partial charge in [-0.1, -0.05) is 212 Å². The van der Waals surface area contributed by atoms with Crippen LogP contribution in [0, 0.1) is 0 Å². The lowest BCUT2D eigenvalue weighted by Gasteiger charge is -2.33. The minimum atomic E-state index is -0.482. The average molecular weight is 778 g/mol. The second-order valence-corrected chi connectivity index (χ2v) is 15.5. The number of hydrogen-bond acceptors (Lipinski definition) is 3. The van der Waals surface area contributed by atoms with Gasteiger partial charge in [0.15, 0.2) is 17.5 Å². The third kappa shape index (κ3) is 6.35. The van der Waals surface area contributed by atoms with Gasteiger partial charge in [0.1, 0.15) is 0 Å². The third-order valence-electron chi connectivity index (χ3n) is 12.0. The highest BCUT2D eigenvalue weighted by Crippen LogP contribution is 2.57. The van der Waals surface area contributed by atoms with E-state index in [1.165, 1.54) is 33.4 Å². The van der Waals surface area contributed by atoms with Crippen molar-refractivity contribution in [3.05, 3.63) is 259 Å². The first-order chi connectivity index (χ1) is 30.2. The van der Waals surface area contributed by atoms with Crippen molar-refractivity contribution in [1.82, 2.24) is 15.0 Å². The smallest absolute Gasteiger partial charge is 0.164 e. The van der Waals surface area contributed by atoms with E-state index >= 15 is 0 Å². The molecule has 0 amide bonds. The van der Waals surface area contributed by atoms with Crippen LogP contribution in [0.15, 0.2) is 237 Å². The van der Waals surface area contributed by atoms with Crippen molar-refractivity contribution < 1.29 is 0 Å². The summed E-state index contributed by atoms with van der Waals surface area (Å²) >= 11 is 0. The van der Waals surface area contributed by atoms with Crippen LogP contribution < -0.4 is 0 Å². The fourth-order valence-electron chi connectivity index (χ4n) is 9.22. The maximum absolute atomic E-state index is 5.31. The molecule has 1 aliphatic rings. The number of rotatable bonds is 8. The number of nitrogens with zero attached hydrogens (tertiary/aromatic N) is 3. The first kappa shape index (κ1) is 36.1. The molecule has 1 aliphatic carbocycles. The largest absolute Gasteiger partial charge is 0.208 e. The van der Waals surface area contributed by atoms with E-state index in [1.54, 1.807) is 0 Å². The lowest BCUT2D eigenvalue weighted by Crippen LogP contribution is -2.28. The predicted octanol–water partition coefficient (Wildman–Crippen LogP) is 14.2. The summed E-state index contributed by atoms with van der Waals surface area (Å²) < 4.78 is 0. The summed E-state index contributed by atoms with van der Waals surface area (Å²) in [5.74, 6) is 1.87. The standard InChI is InChI=1S/C58H39N3/c1-6-19-40(20-7-1)43-25-18-26-46(37-43)56-59-55(42-23-10-3-11-24-42)60-57(61-56)50-35-33-44(41-21-8-2-9-22-41)38-51(50)45-34-36-54-52(39-45)49-31-16-17-32-53(49)58(54,47-27-12-4-13-28-47)48-29-14-5-15-30-48/h1-39H. The SMILES string of the molecule is c1ccc(-c2cccc(-c3nc(-c4ccccc4)nc(-c4ccc(-c5ccccc5)cc4-c4ccc5c(c4)-c4ccccc4C5(c4ccccc4)c4ccccc4)n3)c2)cc1. The van der Waals surface area contributed by atoms with Gasteiger partial charge in [0, 0.05) is 16.7 Å². The molecule has 0 N–H and O–H groups in total. The Kier molecular flexibility index (Phi) is 9.05. The van der Waals surface area contributed by atoms with Crippen molar-refractivity contribution >= 4 is 0 Å². The second-order valence-electron chi connectivity index (χ2n) is 15.5. The number of hydrogen-bond donors (Lipinski definition) is 0. The van der Waals surface area contributed by atoms with E-state index in [0.29, 0.717) is 17.5 Å². The molecule has 1 heterocycles. The van der Waals surface area contributed by atoms with Crippen molar-refractivity contribution in [3.8, 4) is 78.7 Å². The highest BCUT2D eigenvalue weighted by atomic mass is 15.0. The fraction of sp³-hybridized carbons (Fsp3) is 0.0172. The van der Waals surface area contributed by atoms with Gasteiger partial charge in [-0.2, -0.15) is 0 Å². The van der Waals surface area contributed by atoms with E-state index in [-0.39, 0.29) is 0 Å². The van der Waals surface area contributed by atoms with Crippen molar-refractivity contribution in [2.75, 3.05) is 0 Å². The van der Waals surface area contributed by atoms with E-state index in [4.69, 9.17) is 15.0 Å². The first-order valence-corrected chi connectivity index (χ1v) is 20.8. The highest BCUT2D eigenvalue weighted by molar-refractivity contribution is 5.92. The third-order valence-corrected chi connectivity index (χ3v) is 12.0. The minimum Gasteiger partial charge on any atom is -0.208 e. The molecule has 61 heavy (non-hydrogen) atoms. The molecule has 0 unspecified atom stereocenters. The maximum Gasteiger partial charge on any atom is 0.164 e. The van der Waals surface area contributed by atoms with Gasteiger partial charge in [0.05, 0.1) is 5.41 Å². The Hall–Kier alpha value is -8.01. The molecule has 1 aromatic heterocycles. The number of benzene rings is 9. The molecule has 286 valence electrons. The van der Waals surface area contributed by atoms with Gasteiger partial charge in [-0.3, -0.25) is 0 Å². The molecule has 9 aromatic carbocycles. The quantitative estimate of drug-likeness (QED) is 0.154. The molecular formula is C58H39N3. The highest BCUT2D eigenvalue weighted by Gasteiger charge is 2.46. The molecule has 0 saturated heterocycles. The monoisotopic (exact) mass is 777 g/mol. The summed E-state index contributed by atoms with van der Waals surface area (Å²) in [5, 5.41) is 0. The number of aromatic nitrogens is 3. The van der Waals surface area contributed by atoms with Crippen LogP contribution >= 0.6 is 0 Å². The van der Waals surface area contributed by atoms with Gasteiger partial charge in [0.25, 0.3) is 0 Å². The molecule has 0 aliphatic heterocycles. The Labute approximate surface area is 356 Å². The zero-order valence-electron chi connectivity index (χ0n) is 33.4. The Morgan fingerprint density at radius 3 is 1.31 bits per heavy atom. The Morgan fingerprint density at radius 2 is 0.672 bits per heavy atom. The fourth-order valence-corrected chi connectivity index (χ4v) is 9.22. The minimum absolute atomic E-state index is 0.482. The second kappa shape index (κ2) is 15.3. The molecule has 3 nitrogen and oxygen atoms in total. The molecule has 0 bridgehead atoms. The molecule has 3 heteroatoms. The first-order valence-electron chi connectivity index (χ1n) is 20.8. The van der Waals surface area contributed by atoms with Crippen molar-refractivity contribution in [3.63, 3.8) is 0 Å². The molecule has 10 aromatic rings. The zero-order valence-corrected chi connectivity index (χ0v) is 33.4. The van der Waals surface area contributed by atoms with Gasteiger partial charge in [0.2, 0.25) is 0 Å². The van der Waals surface area contributed by atoms with Crippen molar-refractivity contribution in [2.45, 2.75) is 5.41 Å². The lowest BCUT2D eigenvalue weighted by molar-refractivity contribution is 0.768. The van der Waals surface area contributed by atoms with E-state index in [0.717, 1.165) is 50.1 Å². The molecule has 0 radical (unpaired) electrons. The molecular weight excluding hydrogens is 739 g/mol. The summed E-state index contributed by atoms with van der Waals surface area (Å²) in [6.45, 7) is 0. The van der Waals surface area contributed by atoms with Crippen LogP contribution in [-0.2, 0) is 5.41 Å². The molecule has 0 atom stereocenters. The summed E-state index contributed by atoms with van der Waals surface area (Å²) in [4.78, 5) is 15.7. The van der Waals surface area contributed by atoms with E-state index in [1.807, 2.05) is 24.3 Å². The van der Waals surface area contributed by atoms with Crippen LogP contribution in [-0.4, -0.2) is 15.0 Å². The summed E-state index contributed by atoms with van der Waals surface area (Å²) in [6.07, 6.45) is 0. The van der Waals surface area contributed by atoms with Crippen LogP contribution in [0.5, 0.6) is 0 Å². The Bertz CT molecular complexity index is 3120. The summed E-state index contributed by atoms with van der Waals surface area (Å²) in [7, 11) is 0. The van der Waals surface area contributed by atoms with E-state index in [9.17, 15) is 0 Å². The molecule has 0 saturated carbocycles. The lowest BCUT2D eigenvalue weighted by atomic mass is 9.67. The normalized spacial score (nSPS) is 12.4. The van der Waals surface area contributed by atoms with Crippen LogP contribution in [0.4, 0.5) is 0 Å². The summed E-state index contributed by atoms with van der Waals surface area (Å²) in [5.41, 5.74) is 16.5. The van der Waals surface area contributed by atoms with Gasteiger partial charge in [-0.15, -0.1) is 0 Å². The van der Waals surface area contributed by atoms with Gasteiger partial charge in [-0.05, 0) is 91.0 Å². The van der Waals surface area contributed by atoms with Crippen LogP contribution in [0.1, 0.15) is 22.3 Å². The van der Waals surface area contributed by atoms with Crippen molar-refractivity contribution in [2.24, 2.45) is 0 Å². The summed E-state index contributed by atoms with van der Waals surface area (Å²) in [6, 6.07) is 84.2. The van der Waals surface area contributed by atoms with Gasteiger partial charge < -0.3 is 0 Å². The topological polar surface area (TPSA) is 38.7 Å². The van der Waals surface area contributed by atoms with Crippen LogP contribution in [0.25, 0.3) is 78.7 Å². The van der Waals surface area contributed by atoms with Gasteiger partial charge >= 0.3 is 0 Å². The average Bonchev–Trinajstić information content (AvgIpc) is 3.65. The Balaban J connectivity index is 1.14. The predicted molar refractivity (Wildman–Crippen MR) is 250 cm³/mol. The van der Waals surface area contributed by atoms with E-state index in [2.05, 4.69) is 212 Å². The van der Waals surface area contributed by atoms with Gasteiger partial charge in [-0.25, -0.2) is 15.0 Å². The van der Waals surface area contributed by atoms with Crippen molar-refractivity contribution in [1.29, 1.82) is 0 Å². The molecule has 11 rings (SSSR count). The van der Waals surface area contributed by atoms with E-state index < -0.39 is 5.41 Å². The Morgan fingerprint density at radius 1 is 0.230 bits per heavy atom. The number of fused-ring (bicyclic) bond motifs is 3. The molecule has 0 fully saturated rings. The van der Waals surface area contributed by atoms with Crippen LogP contribution in [0.2, 0.25) is 0 Å².